The highest BCUT2D eigenvalue weighted by Crippen LogP contribution is 2.28. The van der Waals surface area contributed by atoms with Gasteiger partial charge >= 0.3 is 0 Å². The molecule has 1 N–H and O–H groups in total. The first-order valence-electron chi connectivity index (χ1n) is 9.73. The summed E-state index contributed by atoms with van der Waals surface area (Å²) in [5.41, 5.74) is 3.25. The van der Waals surface area contributed by atoms with Gasteiger partial charge in [0.25, 0.3) is 5.91 Å². The Hall–Kier alpha value is -2.81. The topological polar surface area (TPSA) is 38.3 Å². The van der Waals surface area contributed by atoms with Crippen molar-refractivity contribution < 1.29 is 9.53 Å². The van der Waals surface area contributed by atoms with E-state index in [1.807, 2.05) is 49.4 Å². The Morgan fingerprint density at radius 1 is 0.889 bits per heavy atom. The van der Waals surface area contributed by atoms with E-state index in [9.17, 15) is 4.79 Å². The van der Waals surface area contributed by atoms with E-state index in [1.54, 1.807) is 0 Å². The van der Waals surface area contributed by atoms with Crippen molar-refractivity contribution in [2.45, 2.75) is 46.1 Å². The number of fused-ring (bicyclic) bond motifs is 1. The number of ether oxygens (including phenoxy) is 1. The van der Waals surface area contributed by atoms with Gasteiger partial charge in [-0.3, -0.25) is 4.79 Å². The van der Waals surface area contributed by atoms with Crippen molar-refractivity contribution in [1.82, 2.24) is 0 Å². The lowest BCUT2D eigenvalue weighted by molar-refractivity contribution is -0.122. The monoisotopic (exact) mass is 361 g/mol. The van der Waals surface area contributed by atoms with Gasteiger partial charge < -0.3 is 10.1 Å². The van der Waals surface area contributed by atoms with E-state index in [4.69, 9.17) is 4.74 Å². The van der Waals surface area contributed by atoms with Crippen molar-refractivity contribution in [3.8, 4) is 5.75 Å². The highest BCUT2D eigenvalue weighted by atomic mass is 16.5. The molecule has 3 aromatic rings. The van der Waals surface area contributed by atoms with E-state index in [0.29, 0.717) is 6.42 Å². The Kier molecular flexibility index (Phi) is 6.12. The normalized spacial score (nSPS) is 12.0. The van der Waals surface area contributed by atoms with E-state index in [2.05, 4.69) is 37.4 Å². The van der Waals surface area contributed by atoms with Crippen LogP contribution in [-0.4, -0.2) is 12.0 Å². The zero-order valence-corrected chi connectivity index (χ0v) is 16.3. The molecule has 27 heavy (non-hydrogen) atoms. The van der Waals surface area contributed by atoms with Gasteiger partial charge in [0.1, 0.15) is 5.75 Å². The summed E-state index contributed by atoms with van der Waals surface area (Å²) < 4.78 is 6.15. The molecule has 1 amide bonds. The van der Waals surface area contributed by atoms with Crippen LogP contribution in [0.4, 0.5) is 5.69 Å². The second-order valence-electron chi connectivity index (χ2n) is 6.64. The van der Waals surface area contributed by atoms with Gasteiger partial charge in [-0.1, -0.05) is 75.4 Å². The van der Waals surface area contributed by atoms with Crippen LogP contribution in [-0.2, 0) is 17.6 Å². The number of aryl methyl sites for hydroxylation is 2. The van der Waals surface area contributed by atoms with E-state index in [0.717, 1.165) is 46.2 Å². The fourth-order valence-corrected chi connectivity index (χ4v) is 3.38. The summed E-state index contributed by atoms with van der Waals surface area (Å²) in [4.78, 5) is 13.0. The lowest BCUT2D eigenvalue weighted by atomic mass is 10.0. The molecule has 3 nitrogen and oxygen atoms in total. The van der Waals surface area contributed by atoms with Crippen LogP contribution in [0.3, 0.4) is 0 Å². The summed E-state index contributed by atoms with van der Waals surface area (Å²) in [5, 5.41) is 5.27. The van der Waals surface area contributed by atoms with E-state index in [1.165, 1.54) is 0 Å². The molecule has 0 heterocycles. The fourth-order valence-electron chi connectivity index (χ4n) is 3.38. The zero-order valence-electron chi connectivity index (χ0n) is 16.3. The number of anilines is 1. The first kappa shape index (κ1) is 19.0. The minimum absolute atomic E-state index is 0.0963. The van der Waals surface area contributed by atoms with Crippen molar-refractivity contribution in [3.05, 3.63) is 71.8 Å². The van der Waals surface area contributed by atoms with Crippen molar-refractivity contribution in [1.29, 1.82) is 0 Å². The maximum atomic E-state index is 13.0. The number of carbonyl (C=O) groups is 1. The molecule has 3 heteroatoms. The molecule has 0 spiro atoms. The first-order chi connectivity index (χ1) is 13.2. The standard InChI is InChI=1S/C24H27NO2/c1-4-17-12-9-13-18(5-2)23(17)25-24(26)21(6-3)27-22-16-10-14-19-11-7-8-15-20(19)22/h7-16,21H,4-6H2,1-3H3,(H,25,26)/t21-/m1/s1. The van der Waals surface area contributed by atoms with Crippen LogP contribution in [0.2, 0.25) is 0 Å². The molecule has 140 valence electrons. The lowest BCUT2D eigenvalue weighted by Crippen LogP contribution is -2.33. The zero-order chi connectivity index (χ0) is 19.2. The van der Waals surface area contributed by atoms with Crippen LogP contribution in [0.1, 0.15) is 38.3 Å². The van der Waals surface area contributed by atoms with Gasteiger partial charge in [-0.2, -0.15) is 0 Å². The number of nitrogens with one attached hydrogen (secondary N) is 1. The number of benzene rings is 3. The first-order valence-corrected chi connectivity index (χ1v) is 9.73. The second-order valence-corrected chi connectivity index (χ2v) is 6.64. The minimum Gasteiger partial charge on any atom is -0.480 e. The van der Waals surface area contributed by atoms with E-state index < -0.39 is 6.10 Å². The molecule has 0 radical (unpaired) electrons. The molecule has 0 aliphatic heterocycles. The summed E-state index contributed by atoms with van der Waals surface area (Å²) in [6, 6.07) is 20.2. The van der Waals surface area contributed by atoms with Crippen molar-refractivity contribution in [2.75, 3.05) is 5.32 Å². The van der Waals surface area contributed by atoms with Gasteiger partial charge in [0.2, 0.25) is 0 Å². The maximum absolute atomic E-state index is 13.0. The Bertz CT molecular complexity index is 905. The molecule has 0 aliphatic rings. The van der Waals surface area contributed by atoms with E-state index >= 15 is 0 Å². The van der Waals surface area contributed by atoms with Crippen molar-refractivity contribution in [2.24, 2.45) is 0 Å². The number of carbonyl (C=O) groups excluding carboxylic acids is 1. The van der Waals surface area contributed by atoms with Crippen LogP contribution in [0.25, 0.3) is 10.8 Å². The molecule has 0 unspecified atom stereocenters. The third kappa shape index (κ3) is 4.13. The summed E-state index contributed by atoms with van der Waals surface area (Å²) >= 11 is 0. The molecule has 0 saturated carbocycles. The van der Waals surface area contributed by atoms with Gasteiger partial charge in [0.05, 0.1) is 0 Å². The summed E-state index contributed by atoms with van der Waals surface area (Å²) in [6.45, 7) is 6.19. The molecule has 0 aliphatic carbocycles. The average Bonchev–Trinajstić information content (AvgIpc) is 2.72. The maximum Gasteiger partial charge on any atom is 0.265 e. The molecular weight excluding hydrogens is 334 g/mol. The molecule has 0 aromatic heterocycles. The molecule has 3 aromatic carbocycles. The van der Waals surface area contributed by atoms with Gasteiger partial charge in [-0.15, -0.1) is 0 Å². The molecule has 0 bridgehead atoms. The average molecular weight is 361 g/mol. The second kappa shape index (κ2) is 8.72. The van der Waals surface area contributed by atoms with Gasteiger partial charge in [0, 0.05) is 11.1 Å². The van der Waals surface area contributed by atoms with Gasteiger partial charge in [-0.25, -0.2) is 0 Å². The number of para-hydroxylation sites is 1. The summed E-state index contributed by atoms with van der Waals surface area (Å²) in [5.74, 6) is 0.649. The SMILES string of the molecule is CCc1cccc(CC)c1NC(=O)[C@@H](CC)Oc1cccc2ccccc12. The number of hydrogen-bond acceptors (Lipinski definition) is 2. The van der Waals surface area contributed by atoms with Crippen LogP contribution in [0.5, 0.6) is 5.75 Å². The summed E-state index contributed by atoms with van der Waals surface area (Å²) in [6.07, 6.45) is 1.82. The molecule has 3 rings (SSSR count). The third-order valence-corrected chi connectivity index (χ3v) is 4.93. The molecule has 0 saturated heterocycles. The Balaban J connectivity index is 1.85. The Morgan fingerprint density at radius 2 is 1.52 bits per heavy atom. The van der Waals surface area contributed by atoms with Crippen molar-refractivity contribution in [3.63, 3.8) is 0 Å². The lowest BCUT2D eigenvalue weighted by Gasteiger charge is -2.21. The predicted molar refractivity (Wildman–Crippen MR) is 112 cm³/mol. The third-order valence-electron chi connectivity index (χ3n) is 4.93. The quantitative estimate of drug-likeness (QED) is 0.581. The van der Waals surface area contributed by atoms with Crippen LogP contribution >= 0.6 is 0 Å². The van der Waals surface area contributed by atoms with Gasteiger partial charge in [-0.05, 0) is 41.8 Å². The van der Waals surface area contributed by atoms with Crippen molar-refractivity contribution >= 4 is 22.4 Å². The van der Waals surface area contributed by atoms with Crippen LogP contribution in [0.15, 0.2) is 60.7 Å². The highest BCUT2D eigenvalue weighted by molar-refractivity contribution is 5.96. The predicted octanol–water partition coefficient (Wildman–Crippen LogP) is 5.76. The summed E-state index contributed by atoms with van der Waals surface area (Å²) in [7, 11) is 0. The van der Waals surface area contributed by atoms with Crippen LogP contribution < -0.4 is 10.1 Å². The van der Waals surface area contributed by atoms with Gasteiger partial charge in [0.15, 0.2) is 6.10 Å². The number of hydrogen-bond donors (Lipinski definition) is 1. The highest BCUT2D eigenvalue weighted by Gasteiger charge is 2.21. The Morgan fingerprint density at radius 3 is 2.19 bits per heavy atom. The number of amides is 1. The van der Waals surface area contributed by atoms with E-state index in [-0.39, 0.29) is 5.91 Å². The fraction of sp³-hybridized carbons (Fsp3) is 0.292. The van der Waals surface area contributed by atoms with Crippen LogP contribution in [0, 0.1) is 0 Å². The smallest absolute Gasteiger partial charge is 0.265 e. The molecule has 0 fully saturated rings. The molecular formula is C24H27NO2. The molecule has 1 atom stereocenters. The minimum atomic E-state index is -0.537. The number of rotatable bonds is 7. The largest absolute Gasteiger partial charge is 0.480 e. The Labute approximate surface area is 161 Å².